The summed E-state index contributed by atoms with van der Waals surface area (Å²) >= 11 is 1.46. The van der Waals surface area contributed by atoms with Crippen LogP contribution in [0.4, 0.5) is 5.13 Å². The number of amides is 1. The van der Waals surface area contributed by atoms with E-state index in [2.05, 4.69) is 15.4 Å². The van der Waals surface area contributed by atoms with Crippen LogP contribution in [0.25, 0.3) is 11.3 Å². The predicted molar refractivity (Wildman–Crippen MR) is 99.4 cm³/mol. The zero-order valence-electron chi connectivity index (χ0n) is 14.7. The number of hydrogen-bond donors (Lipinski definition) is 1. The molecule has 1 aromatic carbocycles. The van der Waals surface area contributed by atoms with Crippen molar-refractivity contribution in [1.82, 2.24) is 14.8 Å². The lowest BCUT2D eigenvalue weighted by atomic mass is 10.1. The third-order valence-corrected chi connectivity index (χ3v) is 4.70. The minimum absolute atomic E-state index is 0.197. The minimum Gasteiger partial charge on any atom is -0.497 e. The quantitative estimate of drug-likeness (QED) is 0.753. The van der Waals surface area contributed by atoms with Crippen molar-refractivity contribution in [3.05, 3.63) is 46.6 Å². The summed E-state index contributed by atoms with van der Waals surface area (Å²) in [5.41, 5.74) is 3.22. The lowest BCUT2D eigenvalue weighted by Gasteiger charge is -2.04. The summed E-state index contributed by atoms with van der Waals surface area (Å²) in [6.07, 6.45) is 0. The molecule has 0 radical (unpaired) electrons. The highest BCUT2D eigenvalue weighted by atomic mass is 32.1. The highest BCUT2D eigenvalue weighted by Gasteiger charge is 2.16. The van der Waals surface area contributed by atoms with E-state index in [0.29, 0.717) is 17.4 Å². The molecule has 0 spiro atoms. The average Bonchev–Trinajstić information content (AvgIpc) is 3.17. The average molecular weight is 356 g/mol. The van der Waals surface area contributed by atoms with Gasteiger partial charge in [-0.15, -0.1) is 11.3 Å². The van der Waals surface area contributed by atoms with Gasteiger partial charge in [0.25, 0.3) is 5.91 Å². The molecule has 6 nitrogen and oxygen atoms in total. The van der Waals surface area contributed by atoms with E-state index in [4.69, 9.17) is 4.74 Å². The summed E-state index contributed by atoms with van der Waals surface area (Å²) in [4.78, 5) is 18.1. The molecular weight excluding hydrogens is 336 g/mol. The van der Waals surface area contributed by atoms with Crippen LogP contribution in [0, 0.1) is 13.8 Å². The van der Waals surface area contributed by atoms with E-state index < -0.39 is 0 Å². The summed E-state index contributed by atoms with van der Waals surface area (Å²) in [6, 6.07) is 9.50. The number of rotatable bonds is 5. The van der Waals surface area contributed by atoms with E-state index in [1.807, 2.05) is 45.0 Å². The smallest absolute Gasteiger partial charge is 0.275 e. The second-order valence-electron chi connectivity index (χ2n) is 5.59. The van der Waals surface area contributed by atoms with Crippen molar-refractivity contribution in [3.63, 3.8) is 0 Å². The van der Waals surface area contributed by atoms with Crippen LogP contribution >= 0.6 is 11.3 Å². The fourth-order valence-corrected chi connectivity index (χ4v) is 3.43. The number of nitrogens with zero attached hydrogens (tertiary/aromatic N) is 3. The lowest BCUT2D eigenvalue weighted by Crippen LogP contribution is -2.17. The van der Waals surface area contributed by atoms with E-state index in [1.165, 1.54) is 11.3 Å². The fraction of sp³-hybridized carbons (Fsp3) is 0.278. The van der Waals surface area contributed by atoms with Gasteiger partial charge in [0, 0.05) is 17.0 Å². The molecule has 0 saturated heterocycles. The number of ether oxygens (including phenoxy) is 1. The van der Waals surface area contributed by atoms with Crippen LogP contribution < -0.4 is 10.1 Å². The molecular formula is C18H20N4O2S. The Balaban J connectivity index is 1.83. The molecule has 1 N–H and O–H groups in total. The maximum absolute atomic E-state index is 12.5. The monoisotopic (exact) mass is 356 g/mol. The molecule has 25 heavy (non-hydrogen) atoms. The number of carbonyl (C=O) groups is 1. The first kappa shape index (κ1) is 17.2. The van der Waals surface area contributed by atoms with E-state index in [0.717, 1.165) is 27.6 Å². The van der Waals surface area contributed by atoms with Crippen LogP contribution in [0.15, 0.2) is 30.3 Å². The van der Waals surface area contributed by atoms with Crippen LogP contribution in [0.3, 0.4) is 0 Å². The van der Waals surface area contributed by atoms with Crippen molar-refractivity contribution in [1.29, 1.82) is 0 Å². The first-order valence-electron chi connectivity index (χ1n) is 7.99. The number of carbonyl (C=O) groups excluding carboxylic acids is 1. The van der Waals surface area contributed by atoms with Crippen molar-refractivity contribution in [3.8, 4) is 17.0 Å². The Hall–Kier alpha value is -2.67. The zero-order valence-corrected chi connectivity index (χ0v) is 15.5. The van der Waals surface area contributed by atoms with Gasteiger partial charge in [-0.25, -0.2) is 4.98 Å². The topological polar surface area (TPSA) is 69.0 Å². The van der Waals surface area contributed by atoms with Gasteiger partial charge >= 0.3 is 0 Å². The Morgan fingerprint density at radius 1 is 1.28 bits per heavy atom. The Morgan fingerprint density at radius 3 is 2.64 bits per heavy atom. The van der Waals surface area contributed by atoms with Crippen molar-refractivity contribution >= 4 is 22.4 Å². The van der Waals surface area contributed by atoms with Crippen LogP contribution in [-0.4, -0.2) is 27.8 Å². The standard InChI is InChI=1S/C18H20N4O2S/c1-5-22-15(10-11(2)21-22)17(23)20-18-19-16(12(3)25-18)13-6-8-14(24-4)9-7-13/h6-10H,5H2,1-4H3,(H,19,20,23). The third-order valence-electron chi connectivity index (χ3n) is 3.81. The molecule has 2 aromatic heterocycles. The van der Waals surface area contributed by atoms with E-state index in [1.54, 1.807) is 17.9 Å². The number of benzene rings is 1. The largest absolute Gasteiger partial charge is 0.497 e. The molecule has 130 valence electrons. The zero-order chi connectivity index (χ0) is 18.0. The molecule has 0 unspecified atom stereocenters. The van der Waals surface area contributed by atoms with E-state index >= 15 is 0 Å². The second-order valence-corrected chi connectivity index (χ2v) is 6.80. The van der Waals surface area contributed by atoms with Crippen LogP contribution in [-0.2, 0) is 6.54 Å². The number of aryl methyl sites for hydroxylation is 3. The molecule has 0 aliphatic rings. The van der Waals surface area contributed by atoms with Gasteiger partial charge in [0.15, 0.2) is 5.13 Å². The summed E-state index contributed by atoms with van der Waals surface area (Å²) < 4.78 is 6.87. The molecule has 3 rings (SSSR count). The summed E-state index contributed by atoms with van der Waals surface area (Å²) in [5.74, 6) is 0.603. The van der Waals surface area contributed by atoms with E-state index in [9.17, 15) is 4.79 Å². The van der Waals surface area contributed by atoms with Gasteiger partial charge in [-0.1, -0.05) is 0 Å². The SMILES string of the molecule is CCn1nc(C)cc1C(=O)Nc1nc(-c2ccc(OC)cc2)c(C)s1. The summed E-state index contributed by atoms with van der Waals surface area (Å²) in [6.45, 7) is 6.47. The molecule has 7 heteroatoms. The third kappa shape index (κ3) is 3.56. The normalized spacial score (nSPS) is 10.7. The molecule has 0 aliphatic carbocycles. The van der Waals surface area contributed by atoms with Crippen LogP contribution in [0.1, 0.15) is 28.0 Å². The van der Waals surface area contributed by atoms with Gasteiger partial charge in [-0.2, -0.15) is 5.10 Å². The van der Waals surface area contributed by atoms with Gasteiger partial charge in [-0.05, 0) is 51.1 Å². The Labute approximate surface area is 150 Å². The Morgan fingerprint density at radius 2 is 2.00 bits per heavy atom. The summed E-state index contributed by atoms with van der Waals surface area (Å²) in [5, 5.41) is 7.77. The molecule has 0 bridgehead atoms. The van der Waals surface area contributed by atoms with Gasteiger partial charge < -0.3 is 4.74 Å². The predicted octanol–water partition coefficient (Wildman–Crippen LogP) is 3.90. The van der Waals surface area contributed by atoms with Gasteiger partial charge in [0.1, 0.15) is 11.4 Å². The van der Waals surface area contributed by atoms with Crippen molar-refractivity contribution in [2.45, 2.75) is 27.3 Å². The van der Waals surface area contributed by atoms with E-state index in [-0.39, 0.29) is 5.91 Å². The lowest BCUT2D eigenvalue weighted by molar-refractivity contribution is 0.101. The molecule has 0 fully saturated rings. The molecule has 2 heterocycles. The molecule has 0 atom stereocenters. The molecule has 1 amide bonds. The minimum atomic E-state index is -0.197. The number of methoxy groups -OCH3 is 1. The summed E-state index contributed by atoms with van der Waals surface area (Å²) in [7, 11) is 1.64. The molecule has 3 aromatic rings. The fourth-order valence-electron chi connectivity index (χ4n) is 2.60. The maximum atomic E-state index is 12.5. The van der Waals surface area contributed by atoms with Gasteiger partial charge in [0.05, 0.1) is 18.5 Å². The number of anilines is 1. The van der Waals surface area contributed by atoms with Crippen molar-refractivity contribution < 1.29 is 9.53 Å². The highest BCUT2D eigenvalue weighted by molar-refractivity contribution is 7.16. The van der Waals surface area contributed by atoms with Crippen molar-refractivity contribution in [2.24, 2.45) is 0 Å². The van der Waals surface area contributed by atoms with Crippen molar-refractivity contribution in [2.75, 3.05) is 12.4 Å². The number of hydrogen-bond acceptors (Lipinski definition) is 5. The van der Waals surface area contributed by atoms with Crippen LogP contribution in [0.2, 0.25) is 0 Å². The maximum Gasteiger partial charge on any atom is 0.275 e. The first-order chi connectivity index (χ1) is 12.0. The Kier molecular flexibility index (Phi) is 4.85. The first-order valence-corrected chi connectivity index (χ1v) is 8.81. The second kappa shape index (κ2) is 7.06. The van der Waals surface area contributed by atoms with Crippen LogP contribution in [0.5, 0.6) is 5.75 Å². The van der Waals surface area contributed by atoms with Gasteiger partial charge in [0.2, 0.25) is 0 Å². The highest BCUT2D eigenvalue weighted by Crippen LogP contribution is 2.31. The Bertz CT molecular complexity index is 896. The molecule has 0 saturated carbocycles. The number of thiazole rings is 1. The number of nitrogens with one attached hydrogen (secondary N) is 1. The molecule has 0 aliphatic heterocycles. The van der Waals surface area contributed by atoms with Gasteiger partial charge in [-0.3, -0.25) is 14.8 Å². The number of aromatic nitrogens is 3.